The van der Waals surface area contributed by atoms with Crippen molar-refractivity contribution in [2.75, 3.05) is 23.0 Å². The molecule has 5 heteroatoms. The van der Waals surface area contributed by atoms with Crippen molar-refractivity contribution in [3.63, 3.8) is 0 Å². The molecule has 0 N–H and O–H groups in total. The minimum atomic E-state index is -0.247. The fraction of sp³-hybridized carbons (Fsp3) is 0.350. The highest BCUT2D eigenvalue weighted by Gasteiger charge is 2.56. The molecule has 1 spiro atoms. The molecule has 3 aliphatic heterocycles. The number of amides is 1. The number of fused-ring (bicyclic) bond motifs is 2. The number of hydrogen-bond donors (Lipinski definition) is 0. The molecule has 0 saturated carbocycles. The molecule has 1 atom stereocenters. The zero-order valence-corrected chi connectivity index (χ0v) is 14.7. The molecular weight excluding hydrogens is 334 g/mol. The summed E-state index contributed by atoms with van der Waals surface area (Å²) >= 11 is 6.25. The Hall–Kier alpha value is -2.20. The molecule has 2 fully saturated rings. The maximum absolute atomic E-state index is 13.5. The van der Waals surface area contributed by atoms with Crippen molar-refractivity contribution in [3.05, 3.63) is 59.1 Å². The van der Waals surface area contributed by atoms with Crippen LogP contribution >= 0.6 is 11.6 Å². The van der Waals surface area contributed by atoms with E-state index in [1.54, 1.807) is 0 Å². The van der Waals surface area contributed by atoms with Crippen LogP contribution in [0.2, 0.25) is 5.02 Å². The van der Waals surface area contributed by atoms with Crippen LogP contribution in [0.5, 0.6) is 0 Å². The quantitative estimate of drug-likeness (QED) is 0.764. The lowest BCUT2D eigenvalue weighted by Crippen LogP contribution is -2.70. The van der Waals surface area contributed by atoms with E-state index in [4.69, 9.17) is 11.6 Å². The Morgan fingerprint density at radius 2 is 1.72 bits per heavy atom. The first-order valence-corrected chi connectivity index (χ1v) is 9.33. The number of hydrazine groups is 1. The highest BCUT2D eigenvalue weighted by molar-refractivity contribution is 6.31. The Balaban J connectivity index is 1.69. The van der Waals surface area contributed by atoms with E-state index < -0.39 is 0 Å². The van der Waals surface area contributed by atoms with Gasteiger partial charge in [0.1, 0.15) is 5.66 Å². The van der Waals surface area contributed by atoms with Gasteiger partial charge in [0, 0.05) is 18.1 Å². The van der Waals surface area contributed by atoms with Crippen LogP contribution in [0.3, 0.4) is 0 Å². The van der Waals surface area contributed by atoms with Crippen LogP contribution in [0.1, 0.15) is 36.0 Å². The van der Waals surface area contributed by atoms with Crippen LogP contribution in [-0.4, -0.2) is 29.7 Å². The highest BCUT2D eigenvalue weighted by atomic mass is 35.5. The van der Waals surface area contributed by atoms with Gasteiger partial charge in [-0.15, -0.1) is 0 Å². The highest BCUT2D eigenvalue weighted by Crippen LogP contribution is 2.49. The summed E-state index contributed by atoms with van der Waals surface area (Å²) in [6.45, 7) is 1.84. The molecule has 1 unspecified atom stereocenters. The first kappa shape index (κ1) is 15.1. The maximum Gasteiger partial charge on any atom is 0.276 e. The van der Waals surface area contributed by atoms with Crippen LogP contribution < -0.4 is 9.91 Å². The summed E-state index contributed by atoms with van der Waals surface area (Å²) in [6, 6.07) is 15.9. The van der Waals surface area contributed by atoms with Crippen molar-refractivity contribution in [1.82, 2.24) is 5.01 Å². The zero-order chi connectivity index (χ0) is 17.0. The SMILES string of the molecule is O=C1c2ccc(Cl)cc2N2CCCC23CCCN(c2ccccc2)N13. The number of carbonyl (C=O) groups excluding carboxylic acids is 1. The van der Waals surface area contributed by atoms with E-state index >= 15 is 0 Å². The van der Waals surface area contributed by atoms with Gasteiger partial charge in [-0.05, 0) is 56.0 Å². The third-order valence-electron chi connectivity index (χ3n) is 5.77. The van der Waals surface area contributed by atoms with Gasteiger partial charge in [-0.1, -0.05) is 29.8 Å². The van der Waals surface area contributed by atoms with E-state index in [9.17, 15) is 4.79 Å². The van der Waals surface area contributed by atoms with Crippen LogP contribution in [0.15, 0.2) is 48.5 Å². The predicted molar refractivity (Wildman–Crippen MR) is 100.0 cm³/mol. The second kappa shape index (κ2) is 5.40. The van der Waals surface area contributed by atoms with Gasteiger partial charge in [0.25, 0.3) is 5.91 Å². The Morgan fingerprint density at radius 1 is 0.960 bits per heavy atom. The normalized spacial score (nSPS) is 24.8. The van der Waals surface area contributed by atoms with E-state index in [1.165, 1.54) is 0 Å². The van der Waals surface area contributed by atoms with Gasteiger partial charge < -0.3 is 4.90 Å². The lowest BCUT2D eigenvalue weighted by atomic mass is 9.91. The minimum Gasteiger partial charge on any atom is -0.346 e. The lowest BCUT2D eigenvalue weighted by molar-refractivity contribution is 0.0263. The number of carbonyl (C=O) groups is 1. The molecule has 1 amide bonds. The Labute approximate surface area is 152 Å². The number of hydrogen-bond acceptors (Lipinski definition) is 3. The van der Waals surface area contributed by atoms with E-state index in [1.807, 2.05) is 41.4 Å². The van der Waals surface area contributed by atoms with Crippen molar-refractivity contribution in [3.8, 4) is 0 Å². The maximum atomic E-state index is 13.5. The average molecular weight is 354 g/mol. The molecule has 2 aromatic rings. The molecule has 0 radical (unpaired) electrons. The van der Waals surface area contributed by atoms with Crippen molar-refractivity contribution < 1.29 is 4.79 Å². The summed E-state index contributed by atoms with van der Waals surface area (Å²) in [4.78, 5) is 15.9. The lowest BCUT2D eigenvalue weighted by Gasteiger charge is -2.58. The van der Waals surface area contributed by atoms with Gasteiger partial charge >= 0.3 is 0 Å². The molecule has 2 aromatic carbocycles. The molecule has 0 bridgehead atoms. The van der Waals surface area contributed by atoms with E-state index in [2.05, 4.69) is 22.0 Å². The second-order valence-corrected chi connectivity index (χ2v) is 7.51. The van der Waals surface area contributed by atoms with Crippen molar-refractivity contribution >= 4 is 28.9 Å². The molecule has 3 aliphatic rings. The summed E-state index contributed by atoms with van der Waals surface area (Å²) in [5.74, 6) is 0.0911. The van der Waals surface area contributed by atoms with Gasteiger partial charge in [-0.2, -0.15) is 0 Å². The summed E-state index contributed by atoms with van der Waals surface area (Å²) in [6.07, 6.45) is 4.19. The van der Waals surface area contributed by atoms with Crippen molar-refractivity contribution in [1.29, 1.82) is 0 Å². The van der Waals surface area contributed by atoms with Crippen LogP contribution in [-0.2, 0) is 0 Å². The Kier molecular flexibility index (Phi) is 3.26. The number of anilines is 2. The number of rotatable bonds is 1. The van der Waals surface area contributed by atoms with Gasteiger partial charge in [0.2, 0.25) is 0 Å². The molecule has 3 heterocycles. The number of benzene rings is 2. The van der Waals surface area contributed by atoms with Crippen molar-refractivity contribution in [2.24, 2.45) is 0 Å². The summed E-state index contributed by atoms with van der Waals surface area (Å²) in [5.41, 5.74) is 2.59. The summed E-state index contributed by atoms with van der Waals surface area (Å²) < 4.78 is 0. The second-order valence-electron chi connectivity index (χ2n) is 7.08. The Morgan fingerprint density at radius 3 is 2.52 bits per heavy atom. The van der Waals surface area contributed by atoms with Crippen LogP contribution in [0.4, 0.5) is 11.4 Å². The monoisotopic (exact) mass is 353 g/mol. The topological polar surface area (TPSA) is 26.8 Å². The summed E-state index contributed by atoms with van der Waals surface area (Å²) in [7, 11) is 0. The average Bonchev–Trinajstić information content (AvgIpc) is 3.06. The van der Waals surface area contributed by atoms with E-state index in [0.717, 1.165) is 55.7 Å². The molecule has 5 rings (SSSR count). The third-order valence-corrected chi connectivity index (χ3v) is 6.01. The summed E-state index contributed by atoms with van der Waals surface area (Å²) in [5, 5.41) is 4.91. The predicted octanol–water partition coefficient (Wildman–Crippen LogP) is 4.31. The van der Waals surface area contributed by atoms with Crippen LogP contribution in [0, 0.1) is 0 Å². The van der Waals surface area contributed by atoms with Gasteiger partial charge in [0.05, 0.1) is 16.9 Å². The fourth-order valence-electron chi connectivity index (χ4n) is 4.80. The number of nitrogens with zero attached hydrogens (tertiary/aromatic N) is 3. The molecule has 2 saturated heterocycles. The molecule has 0 aromatic heterocycles. The molecule has 4 nitrogen and oxygen atoms in total. The minimum absolute atomic E-state index is 0.0911. The van der Waals surface area contributed by atoms with E-state index in [0.29, 0.717) is 5.02 Å². The first-order chi connectivity index (χ1) is 12.2. The fourth-order valence-corrected chi connectivity index (χ4v) is 4.96. The Bertz CT molecular complexity index is 840. The molecule has 25 heavy (non-hydrogen) atoms. The number of para-hydroxylation sites is 1. The van der Waals surface area contributed by atoms with Gasteiger partial charge in [-0.3, -0.25) is 9.80 Å². The van der Waals surface area contributed by atoms with Crippen molar-refractivity contribution in [2.45, 2.75) is 31.3 Å². The zero-order valence-electron chi connectivity index (χ0n) is 14.0. The smallest absolute Gasteiger partial charge is 0.276 e. The molecular formula is C20H20ClN3O. The third kappa shape index (κ3) is 2.04. The largest absolute Gasteiger partial charge is 0.346 e. The standard InChI is InChI=1S/C20H20ClN3O/c21-15-8-9-17-18(14-15)22-12-4-10-20(22)11-5-13-23(24(20)19(17)25)16-6-2-1-3-7-16/h1-3,6-9,14H,4-5,10-13H2. The first-order valence-electron chi connectivity index (χ1n) is 8.95. The van der Waals surface area contributed by atoms with Crippen LogP contribution in [0.25, 0.3) is 0 Å². The van der Waals surface area contributed by atoms with Gasteiger partial charge in [-0.25, -0.2) is 5.01 Å². The molecule has 0 aliphatic carbocycles. The van der Waals surface area contributed by atoms with Gasteiger partial charge in [0.15, 0.2) is 0 Å². The molecule has 128 valence electrons. The number of halogens is 1. The van der Waals surface area contributed by atoms with E-state index in [-0.39, 0.29) is 11.6 Å².